The number of fused-ring (bicyclic) bond motifs is 1. The number of anilines is 1. The lowest BCUT2D eigenvalue weighted by Crippen LogP contribution is -2.46. The molecule has 3 heterocycles. The van der Waals surface area contributed by atoms with Gasteiger partial charge >= 0.3 is 0 Å². The Hall–Kier alpha value is -2.54. The van der Waals surface area contributed by atoms with Gasteiger partial charge in [0, 0.05) is 11.8 Å². The van der Waals surface area contributed by atoms with Gasteiger partial charge in [0.25, 0.3) is 5.91 Å². The van der Waals surface area contributed by atoms with Crippen molar-refractivity contribution in [2.45, 2.75) is 0 Å². The van der Waals surface area contributed by atoms with E-state index >= 15 is 0 Å². The van der Waals surface area contributed by atoms with Crippen molar-refractivity contribution in [3.8, 4) is 0 Å². The van der Waals surface area contributed by atoms with Gasteiger partial charge < -0.3 is 9.32 Å². The van der Waals surface area contributed by atoms with Gasteiger partial charge in [-0.2, -0.15) is 0 Å². The Morgan fingerprint density at radius 3 is 2.83 bits per heavy atom. The number of carbonyl (C=O) groups is 1. The van der Waals surface area contributed by atoms with E-state index in [1.165, 1.54) is 23.9 Å². The fourth-order valence-electron chi connectivity index (χ4n) is 2.43. The maximum Gasteiger partial charge on any atom is 0.280 e. The summed E-state index contributed by atoms with van der Waals surface area (Å²) in [5.41, 5.74) is 1.23. The third-order valence-electron chi connectivity index (χ3n) is 3.59. The molecular formula is C16H12FN3O2S. The molecule has 2 aliphatic heterocycles. The van der Waals surface area contributed by atoms with Gasteiger partial charge in [0.2, 0.25) is 0 Å². The van der Waals surface area contributed by atoms with Gasteiger partial charge in [-0.3, -0.25) is 9.69 Å². The SMILES string of the molecule is O=C1/C(=C/c2ccco2)N=C2SCN(c3ccc(F)cc3)CN12. The second kappa shape index (κ2) is 5.58. The molecule has 0 bridgehead atoms. The quantitative estimate of drug-likeness (QED) is 0.794. The second-order valence-electron chi connectivity index (χ2n) is 5.10. The van der Waals surface area contributed by atoms with Gasteiger partial charge in [-0.15, -0.1) is 0 Å². The van der Waals surface area contributed by atoms with Gasteiger partial charge in [0.1, 0.15) is 23.9 Å². The smallest absolute Gasteiger partial charge is 0.280 e. The number of thioether (sulfide) groups is 1. The first kappa shape index (κ1) is 14.1. The molecular weight excluding hydrogens is 317 g/mol. The Bertz CT molecular complexity index is 799. The van der Waals surface area contributed by atoms with E-state index in [9.17, 15) is 9.18 Å². The lowest BCUT2D eigenvalue weighted by atomic mass is 10.3. The van der Waals surface area contributed by atoms with Crippen LogP contribution in [0.1, 0.15) is 5.76 Å². The third kappa shape index (κ3) is 2.63. The zero-order chi connectivity index (χ0) is 15.8. The monoisotopic (exact) mass is 329 g/mol. The summed E-state index contributed by atoms with van der Waals surface area (Å²) in [7, 11) is 0. The van der Waals surface area contributed by atoms with E-state index in [1.807, 2.05) is 4.90 Å². The number of halogens is 1. The number of rotatable bonds is 2. The largest absolute Gasteiger partial charge is 0.465 e. The lowest BCUT2D eigenvalue weighted by Gasteiger charge is -2.34. The summed E-state index contributed by atoms with van der Waals surface area (Å²) in [5.74, 6) is 0.817. The number of hydrogen-bond acceptors (Lipinski definition) is 5. The van der Waals surface area contributed by atoms with Crippen LogP contribution in [0.25, 0.3) is 6.08 Å². The molecule has 0 radical (unpaired) electrons. The van der Waals surface area contributed by atoms with Crippen molar-refractivity contribution in [1.29, 1.82) is 0 Å². The van der Waals surface area contributed by atoms with Crippen LogP contribution in [0, 0.1) is 5.82 Å². The molecule has 4 rings (SSSR count). The van der Waals surface area contributed by atoms with E-state index in [2.05, 4.69) is 4.99 Å². The zero-order valence-corrected chi connectivity index (χ0v) is 12.8. The molecule has 0 spiro atoms. The summed E-state index contributed by atoms with van der Waals surface area (Å²) in [6.07, 6.45) is 3.19. The fourth-order valence-corrected chi connectivity index (χ4v) is 3.39. The summed E-state index contributed by atoms with van der Waals surface area (Å²) in [4.78, 5) is 20.5. The van der Waals surface area contributed by atoms with E-state index in [4.69, 9.17) is 4.42 Å². The molecule has 2 aromatic rings. The Labute approximate surface area is 136 Å². The number of hydrogen-bond donors (Lipinski definition) is 0. The van der Waals surface area contributed by atoms with Gasteiger partial charge in [0.15, 0.2) is 5.17 Å². The van der Waals surface area contributed by atoms with Crippen LogP contribution in [0.4, 0.5) is 10.1 Å². The molecule has 1 aromatic carbocycles. The van der Waals surface area contributed by atoms with Crippen LogP contribution in [0.2, 0.25) is 0 Å². The molecule has 0 N–H and O–H groups in total. The van der Waals surface area contributed by atoms with E-state index < -0.39 is 0 Å². The summed E-state index contributed by atoms with van der Waals surface area (Å²) in [6, 6.07) is 9.78. The van der Waals surface area contributed by atoms with Crippen molar-refractivity contribution in [1.82, 2.24) is 4.90 Å². The van der Waals surface area contributed by atoms with Crippen molar-refractivity contribution < 1.29 is 13.6 Å². The van der Waals surface area contributed by atoms with E-state index in [1.54, 1.807) is 41.5 Å². The number of carbonyl (C=O) groups excluding carboxylic acids is 1. The van der Waals surface area contributed by atoms with E-state index in [-0.39, 0.29) is 11.7 Å². The molecule has 2 aliphatic rings. The van der Waals surface area contributed by atoms with E-state index in [0.29, 0.717) is 29.2 Å². The Kier molecular flexibility index (Phi) is 3.42. The highest BCUT2D eigenvalue weighted by atomic mass is 32.2. The fraction of sp³-hybridized carbons (Fsp3) is 0.125. The minimum Gasteiger partial charge on any atom is -0.465 e. The maximum atomic E-state index is 13.0. The maximum absolute atomic E-state index is 13.0. The number of nitrogens with zero attached hydrogens (tertiary/aromatic N) is 3. The van der Waals surface area contributed by atoms with Crippen molar-refractivity contribution in [2.75, 3.05) is 17.4 Å². The minimum atomic E-state index is -0.276. The minimum absolute atomic E-state index is 0.157. The van der Waals surface area contributed by atoms with E-state index in [0.717, 1.165) is 5.69 Å². The Balaban J connectivity index is 1.56. The summed E-state index contributed by atoms with van der Waals surface area (Å²) in [6.45, 7) is 0.395. The predicted molar refractivity (Wildman–Crippen MR) is 87.2 cm³/mol. The van der Waals surface area contributed by atoms with Crippen molar-refractivity contribution in [3.63, 3.8) is 0 Å². The topological polar surface area (TPSA) is 49.1 Å². The number of aliphatic imine (C=N–C) groups is 1. The first-order valence-electron chi connectivity index (χ1n) is 7.00. The standard InChI is InChI=1S/C16H12FN3O2S/c17-11-3-5-12(6-4-11)19-9-20-15(21)14(18-16(20)23-10-19)8-13-2-1-7-22-13/h1-8H,9-10H2/b14-8-. The van der Waals surface area contributed by atoms with Gasteiger partial charge in [-0.25, -0.2) is 9.38 Å². The molecule has 1 amide bonds. The summed E-state index contributed by atoms with van der Waals surface area (Å²) in [5, 5.41) is 0.686. The summed E-state index contributed by atoms with van der Waals surface area (Å²) >= 11 is 1.48. The molecule has 23 heavy (non-hydrogen) atoms. The highest BCUT2D eigenvalue weighted by molar-refractivity contribution is 8.14. The van der Waals surface area contributed by atoms with Gasteiger partial charge in [-0.05, 0) is 36.4 Å². The van der Waals surface area contributed by atoms with Crippen molar-refractivity contribution in [3.05, 3.63) is 59.9 Å². The highest BCUT2D eigenvalue weighted by Gasteiger charge is 2.35. The first-order chi connectivity index (χ1) is 11.2. The number of amides is 1. The lowest BCUT2D eigenvalue weighted by molar-refractivity contribution is -0.122. The number of amidine groups is 1. The second-order valence-corrected chi connectivity index (χ2v) is 6.02. The highest BCUT2D eigenvalue weighted by Crippen LogP contribution is 2.30. The molecule has 5 nitrogen and oxygen atoms in total. The van der Waals surface area contributed by atoms with Crippen LogP contribution in [0.3, 0.4) is 0 Å². The molecule has 0 unspecified atom stereocenters. The van der Waals surface area contributed by atoms with Crippen LogP contribution in [-0.4, -0.2) is 28.5 Å². The average molecular weight is 329 g/mol. The molecule has 7 heteroatoms. The molecule has 0 atom stereocenters. The third-order valence-corrected chi connectivity index (χ3v) is 4.60. The predicted octanol–water partition coefficient (Wildman–Crippen LogP) is 3.13. The van der Waals surface area contributed by atoms with Gasteiger partial charge in [0.05, 0.1) is 12.1 Å². The Morgan fingerprint density at radius 1 is 1.26 bits per heavy atom. The zero-order valence-electron chi connectivity index (χ0n) is 12.0. The molecule has 0 aliphatic carbocycles. The molecule has 1 fully saturated rings. The van der Waals surface area contributed by atoms with Crippen LogP contribution >= 0.6 is 11.8 Å². The Morgan fingerprint density at radius 2 is 2.09 bits per heavy atom. The normalized spacial score (nSPS) is 19.3. The summed E-state index contributed by atoms with van der Waals surface area (Å²) < 4.78 is 18.3. The molecule has 1 aromatic heterocycles. The molecule has 116 valence electrons. The molecule has 1 saturated heterocycles. The van der Waals surface area contributed by atoms with Gasteiger partial charge in [-0.1, -0.05) is 11.8 Å². The first-order valence-corrected chi connectivity index (χ1v) is 7.98. The van der Waals surface area contributed by atoms with Crippen molar-refractivity contribution >= 4 is 34.6 Å². The van der Waals surface area contributed by atoms with Crippen molar-refractivity contribution in [2.24, 2.45) is 4.99 Å². The van der Waals surface area contributed by atoms with Crippen LogP contribution in [-0.2, 0) is 4.79 Å². The molecule has 0 saturated carbocycles. The van der Waals surface area contributed by atoms with Crippen LogP contribution < -0.4 is 4.90 Å². The number of furan rings is 1. The van der Waals surface area contributed by atoms with Crippen LogP contribution in [0.5, 0.6) is 0 Å². The van der Waals surface area contributed by atoms with Crippen LogP contribution in [0.15, 0.2) is 57.8 Å². The number of benzene rings is 1. The average Bonchev–Trinajstić information content (AvgIpc) is 3.17.